The number of hydrogen-bond acceptors (Lipinski definition) is 1. The second-order valence-electron chi connectivity index (χ2n) is 4.43. The van der Waals surface area contributed by atoms with Crippen LogP contribution >= 0.6 is 0 Å². The summed E-state index contributed by atoms with van der Waals surface area (Å²) in [6.45, 7) is 7.28. The molecule has 0 heterocycles. The third-order valence-electron chi connectivity index (χ3n) is 3.24. The molecular weight excluding hydrogens is 146 g/mol. The molecule has 1 fully saturated rings. The highest BCUT2D eigenvalue weighted by molar-refractivity contribution is 4.79. The van der Waals surface area contributed by atoms with Crippen molar-refractivity contribution in [3.8, 4) is 0 Å². The second-order valence-corrected chi connectivity index (χ2v) is 4.43. The average molecular weight is 169 g/mol. The van der Waals surface area contributed by atoms with Crippen LogP contribution in [0.1, 0.15) is 39.5 Å². The Kier molecular flexibility index (Phi) is 4.07. The minimum absolute atomic E-state index is 0.995. The molecule has 1 nitrogen and oxygen atoms in total. The Hall–Kier alpha value is -0.0400. The maximum absolute atomic E-state index is 2.50. The molecule has 0 aliphatic heterocycles. The largest absolute Gasteiger partial charge is 0.306 e. The van der Waals surface area contributed by atoms with E-state index in [-0.39, 0.29) is 0 Å². The fourth-order valence-corrected chi connectivity index (χ4v) is 1.93. The summed E-state index contributed by atoms with van der Waals surface area (Å²) in [5, 5.41) is 0. The summed E-state index contributed by atoms with van der Waals surface area (Å²) in [5.41, 5.74) is 0. The molecule has 0 aromatic carbocycles. The van der Waals surface area contributed by atoms with Gasteiger partial charge in [-0.2, -0.15) is 0 Å². The van der Waals surface area contributed by atoms with Crippen molar-refractivity contribution in [1.82, 2.24) is 4.90 Å². The Labute approximate surface area is 77.1 Å². The van der Waals surface area contributed by atoms with Crippen molar-refractivity contribution in [2.24, 2.45) is 11.8 Å². The number of nitrogens with zero attached hydrogens (tertiary/aromatic N) is 1. The van der Waals surface area contributed by atoms with Gasteiger partial charge in [-0.15, -0.1) is 0 Å². The van der Waals surface area contributed by atoms with Crippen molar-refractivity contribution in [2.75, 3.05) is 20.1 Å². The average Bonchev–Trinajstić information content (AvgIpc) is 2.08. The molecule has 0 aromatic heterocycles. The Morgan fingerprint density at radius 1 is 1.33 bits per heavy atom. The van der Waals surface area contributed by atoms with Crippen LogP contribution in [0, 0.1) is 11.8 Å². The van der Waals surface area contributed by atoms with Crippen molar-refractivity contribution in [1.29, 1.82) is 0 Å². The minimum Gasteiger partial charge on any atom is -0.306 e. The van der Waals surface area contributed by atoms with Crippen LogP contribution in [0.4, 0.5) is 0 Å². The van der Waals surface area contributed by atoms with Crippen LogP contribution in [0.3, 0.4) is 0 Å². The molecule has 0 amide bonds. The molecule has 1 saturated carbocycles. The molecule has 0 spiro atoms. The Morgan fingerprint density at radius 3 is 2.50 bits per heavy atom. The predicted octanol–water partition coefficient (Wildman–Crippen LogP) is 2.76. The summed E-state index contributed by atoms with van der Waals surface area (Å²) in [4.78, 5) is 2.50. The minimum atomic E-state index is 0.995. The zero-order valence-electron chi connectivity index (χ0n) is 8.84. The van der Waals surface area contributed by atoms with Crippen molar-refractivity contribution >= 4 is 0 Å². The van der Waals surface area contributed by atoms with Gasteiger partial charge < -0.3 is 4.90 Å². The van der Waals surface area contributed by atoms with E-state index in [2.05, 4.69) is 25.8 Å². The van der Waals surface area contributed by atoms with E-state index in [1.165, 1.54) is 38.8 Å². The van der Waals surface area contributed by atoms with Gasteiger partial charge in [-0.05, 0) is 38.3 Å². The van der Waals surface area contributed by atoms with Gasteiger partial charge in [0.05, 0.1) is 0 Å². The van der Waals surface area contributed by atoms with Gasteiger partial charge in [0.2, 0.25) is 0 Å². The lowest BCUT2D eigenvalue weighted by Crippen LogP contribution is -2.35. The first-order valence-corrected chi connectivity index (χ1v) is 5.42. The smallest absolute Gasteiger partial charge is 0.000915 e. The summed E-state index contributed by atoms with van der Waals surface area (Å²) < 4.78 is 0. The fraction of sp³-hybridized carbons (Fsp3) is 1.00. The molecule has 0 aromatic rings. The van der Waals surface area contributed by atoms with Crippen LogP contribution in [-0.4, -0.2) is 25.0 Å². The number of hydrogen-bond donors (Lipinski definition) is 0. The van der Waals surface area contributed by atoms with E-state index in [0.29, 0.717) is 0 Å². The molecule has 2 atom stereocenters. The zero-order valence-corrected chi connectivity index (χ0v) is 8.84. The van der Waals surface area contributed by atoms with Crippen LogP contribution in [0.2, 0.25) is 0 Å². The second kappa shape index (κ2) is 4.86. The maximum Gasteiger partial charge on any atom is 0.000915 e. The molecular formula is C11H23N. The van der Waals surface area contributed by atoms with Gasteiger partial charge in [0, 0.05) is 6.54 Å². The van der Waals surface area contributed by atoms with Crippen molar-refractivity contribution in [2.45, 2.75) is 39.5 Å². The van der Waals surface area contributed by atoms with E-state index < -0.39 is 0 Å². The Balaban J connectivity index is 2.04. The lowest BCUT2D eigenvalue weighted by Gasteiger charge is -2.36. The van der Waals surface area contributed by atoms with Crippen LogP contribution in [0.15, 0.2) is 0 Å². The van der Waals surface area contributed by atoms with Crippen LogP contribution in [0.25, 0.3) is 0 Å². The molecule has 12 heavy (non-hydrogen) atoms. The third kappa shape index (κ3) is 2.78. The highest BCUT2D eigenvalue weighted by Gasteiger charge is 2.27. The highest BCUT2D eigenvalue weighted by atomic mass is 15.1. The van der Waals surface area contributed by atoms with Gasteiger partial charge in [-0.3, -0.25) is 0 Å². The van der Waals surface area contributed by atoms with E-state index in [4.69, 9.17) is 0 Å². The first-order chi connectivity index (χ1) is 5.74. The summed E-state index contributed by atoms with van der Waals surface area (Å²) in [5.74, 6) is 2.00. The maximum atomic E-state index is 2.50. The highest BCUT2D eigenvalue weighted by Crippen LogP contribution is 2.33. The topological polar surface area (TPSA) is 3.24 Å². The van der Waals surface area contributed by atoms with E-state index in [9.17, 15) is 0 Å². The Bertz CT molecular complexity index is 122. The summed E-state index contributed by atoms with van der Waals surface area (Å²) in [7, 11) is 2.26. The quantitative estimate of drug-likeness (QED) is 0.611. The molecule has 1 aliphatic carbocycles. The molecule has 0 N–H and O–H groups in total. The summed E-state index contributed by atoms with van der Waals surface area (Å²) in [6, 6.07) is 0. The van der Waals surface area contributed by atoms with Gasteiger partial charge in [-0.25, -0.2) is 0 Å². The molecule has 0 saturated heterocycles. The zero-order chi connectivity index (χ0) is 8.97. The summed E-state index contributed by atoms with van der Waals surface area (Å²) >= 11 is 0. The monoisotopic (exact) mass is 169 g/mol. The molecule has 1 aliphatic rings. The SMILES string of the molecule is CCCCN(C)CC1CCC1C. The molecule has 1 heteroatoms. The van der Waals surface area contributed by atoms with E-state index in [1.807, 2.05) is 0 Å². The fourth-order valence-electron chi connectivity index (χ4n) is 1.93. The first kappa shape index (κ1) is 10.0. The van der Waals surface area contributed by atoms with Gasteiger partial charge in [0.1, 0.15) is 0 Å². The van der Waals surface area contributed by atoms with E-state index in [1.54, 1.807) is 0 Å². The van der Waals surface area contributed by atoms with Crippen LogP contribution < -0.4 is 0 Å². The number of unbranched alkanes of at least 4 members (excludes halogenated alkanes) is 1. The molecule has 1 rings (SSSR count). The van der Waals surface area contributed by atoms with Crippen molar-refractivity contribution in [3.05, 3.63) is 0 Å². The van der Waals surface area contributed by atoms with Crippen LogP contribution in [-0.2, 0) is 0 Å². The van der Waals surface area contributed by atoms with Gasteiger partial charge in [0.15, 0.2) is 0 Å². The molecule has 72 valence electrons. The molecule has 0 radical (unpaired) electrons. The standard InChI is InChI=1S/C11H23N/c1-4-5-8-12(3)9-11-7-6-10(11)2/h10-11H,4-9H2,1-3H3. The van der Waals surface area contributed by atoms with Crippen molar-refractivity contribution in [3.63, 3.8) is 0 Å². The summed E-state index contributed by atoms with van der Waals surface area (Å²) in [6.07, 6.45) is 5.62. The predicted molar refractivity (Wildman–Crippen MR) is 54.3 cm³/mol. The van der Waals surface area contributed by atoms with E-state index >= 15 is 0 Å². The van der Waals surface area contributed by atoms with E-state index in [0.717, 1.165) is 11.8 Å². The molecule has 2 unspecified atom stereocenters. The van der Waals surface area contributed by atoms with Gasteiger partial charge in [0.25, 0.3) is 0 Å². The van der Waals surface area contributed by atoms with Crippen molar-refractivity contribution < 1.29 is 0 Å². The lowest BCUT2D eigenvalue weighted by atomic mass is 9.75. The Morgan fingerprint density at radius 2 is 2.08 bits per heavy atom. The lowest BCUT2D eigenvalue weighted by molar-refractivity contribution is 0.135. The first-order valence-electron chi connectivity index (χ1n) is 5.42. The number of rotatable bonds is 5. The van der Waals surface area contributed by atoms with Gasteiger partial charge in [-0.1, -0.05) is 26.7 Å². The van der Waals surface area contributed by atoms with Gasteiger partial charge >= 0.3 is 0 Å². The third-order valence-corrected chi connectivity index (χ3v) is 3.24. The normalized spacial score (nSPS) is 29.0. The molecule has 0 bridgehead atoms. The van der Waals surface area contributed by atoms with Crippen LogP contribution in [0.5, 0.6) is 0 Å².